The van der Waals surface area contributed by atoms with Crippen molar-refractivity contribution >= 4 is 52.7 Å². The number of halogens is 2. The summed E-state index contributed by atoms with van der Waals surface area (Å²) in [7, 11) is 0. The molecule has 170 valence electrons. The lowest BCUT2D eigenvalue weighted by Crippen LogP contribution is -2.43. The van der Waals surface area contributed by atoms with Gasteiger partial charge in [-0.3, -0.25) is 14.4 Å². The summed E-state index contributed by atoms with van der Waals surface area (Å²) in [6, 6.07) is 3.55. The maximum absolute atomic E-state index is 12.9. The first-order valence-electron chi connectivity index (χ1n) is 9.63. The smallest absolute Gasteiger partial charge is 0.342 e. The van der Waals surface area contributed by atoms with Crippen molar-refractivity contribution in [1.29, 1.82) is 0 Å². The fraction of sp³-hybridized carbons (Fsp3) is 0.316. The van der Waals surface area contributed by atoms with Gasteiger partial charge in [-0.1, -0.05) is 29.3 Å². The van der Waals surface area contributed by atoms with Gasteiger partial charge in [-0.2, -0.15) is 9.78 Å². The van der Waals surface area contributed by atoms with Crippen LogP contribution in [-0.2, 0) is 4.79 Å². The van der Waals surface area contributed by atoms with Crippen LogP contribution in [0, 0.1) is 0 Å². The molecule has 13 heteroatoms. The van der Waals surface area contributed by atoms with Gasteiger partial charge in [0.05, 0.1) is 27.5 Å². The number of carbonyl (C=O) groups is 4. The zero-order chi connectivity index (χ0) is 23.3. The van der Waals surface area contributed by atoms with E-state index in [-0.39, 0.29) is 33.0 Å². The second kappa shape index (κ2) is 10.4. The molecule has 0 radical (unpaired) electrons. The number of nitrogens with one attached hydrogen (secondary N) is 4. The van der Waals surface area contributed by atoms with Crippen LogP contribution in [0.25, 0.3) is 0 Å². The van der Waals surface area contributed by atoms with Crippen molar-refractivity contribution in [2.45, 2.75) is 18.9 Å². The molecule has 0 aliphatic carbocycles. The molecule has 1 aromatic heterocycles. The first-order valence-corrected chi connectivity index (χ1v) is 10.4. The maximum atomic E-state index is 12.9. The molecule has 0 unspecified atom stereocenters. The Labute approximate surface area is 192 Å². The van der Waals surface area contributed by atoms with Crippen LogP contribution in [0.4, 0.5) is 10.5 Å². The first kappa shape index (κ1) is 23.5. The summed E-state index contributed by atoms with van der Waals surface area (Å²) in [6.07, 6.45) is 2.53. The molecule has 32 heavy (non-hydrogen) atoms. The summed E-state index contributed by atoms with van der Waals surface area (Å²) in [6.45, 7) is 0.837. The van der Waals surface area contributed by atoms with Gasteiger partial charge in [0.2, 0.25) is 0 Å². The number of anilines is 1. The van der Waals surface area contributed by atoms with Crippen molar-refractivity contribution < 1.29 is 24.3 Å². The van der Waals surface area contributed by atoms with Crippen LogP contribution < -0.4 is 21.3 Å². The Morgan fingerprint density at radius 1 is 1.12 bits per heavy atom. The molecule has 1 aromatic carbocycles. The molecule has 3 rings (SSSR count). The number of benzene rings is 1. The Hall–Kier alpha value is -3.15. The van der Waals surface area contributed by atoms with E-state index < -0.39 is 30.4 Å². The number of aromatic nitrogens is 2. The topological polar surface area (TPSA) is 154 Å². The molecule has 0 saturated carbocycles. The maximum Gasteiger partial charge on any atom is 0.342 e. The van der Waals surface area contributed by atoms with Crippen LogP contribution in [0.3, 0.4) is 0 Å². The third-order valence-corrected chi connectivity index (χ3v) is 5.27. The van der Waals surface area contributed by atoms with E-state index in [1.807, 2.05) is 0 Å². The molecule has 0 atom stereocenters. The van der Waals surface area contributed by atoms with Gasteiger partial charge >= 0.3 is 12.0 Å². The van der Waals surface area contributed by atoms with Crippen LogP contribution in [0.2, 0.25) is 10.0 Å². The van der Waals surface area contributed by atoms with Crippen LogP contribution >= 0.6 is 23.2 Å². The molecule has 2 aromatic rings. The largest absolute Gasteiger partial charge is 0.480 e. The number of hydrogen-bond donors (Lipinski definition) is 5. The predicted octanol–water partition coefficient (Wildman–Crippen LogP) is 1.57. The fourth-order valence-corrected chi connectivity index (χ4v) is 3.66. The summed E-state index contributed by atoms with van der Waals surface area (Å²) in [5.41, 5.74) is -0.294. The molecule has 1 aliphatic rings. The number of aliphatic carboxylic acids is 1. The lowest BCUT2D eigenvalue weighted by molar-refractivity contribution is -0.135. The highest BCUT2D eigenvalue weighted by Gasteiger charge is 2.25. The second-order valence-electron chi connectivity index (χ2n) is 6.94. The van der Waals surface area contributed by atoms with Crippen LogP contribution in [0.5, 0.6) is 0 Å². The molecule has 0 spiro atoms. The molecular weight excluding hydrogens is 463 g/mol. The van der Waals surface area contributed by atoms with E-state index >= 15 is 0 Å². The van der Waals surface area contributed by atoms with E-state index in [4.69, 9.17) is 28.3 Å². The third kappa shape index (κ3) is 5.75. The third-order valence-electron chi connectivity index (χ3n) is 4.64. The van der Waals surface area contributed by atoms with E-state index in [1.54, 1.807) is 6.07 Å². The molecule has 1 saturated heterocycles. The highest BCUT2D eigenvalue weighted by molar-refractivity contribution is 6.40. The molecule has 1 aliphatic heterocycles. The Morgan fingerprint density at radius 3 is 2.41 bits per heavy atom. The van der Waals surface area contributed by atoms with Crippen LogP contribution in [0.1, 0.15) is 33.7 Å². The van der Waals surface area contributed by atoms with Gasteiger partial charge in [0, 0.05) is 6.04 Å². The minimum atomic E-state index is -1.25. The molecule has 1 fully saturated rings. The average molecular weight is 483 g/mol. The van der Waals surface area contributed by atoms with Crippen molar-refractivity contribution in [3.8, 4) is 0 Å². The molecular formula is C19H20Cl2N6O5. The van der Waals surface area contributed by atoms with Gasteiger partial charge in [-0.05, 0) is 38.1 Å². The van der Waals surface area contributed by atoms with Crippen molar-refractivity contribution in [2.24, 2.45) is 0 Å². The average Bonchev–Trinajstić information content (AvgIpc) is 3.16. The Kier molecular flexibility index (Phi) is 7.67. The Bertz CT molecular complexity index is 1030. The Morgan fingerprint density at radius 2 is 1.78 bits per heavy atom. The van der Waals surface area contributed by atoms with E-state index in [9.17, 15) is 19.2 Å². The molecule has 11 nitrogen and oxygen atoms in total. The second-order valence-corrected chi connectivity index (χ2v) is 7.75. The molecule has 3 amide bonds. The van der Waals surface area contributed by atoms with Crippen molar-refractivity contribution in [3.63, 3.8) is 0 Å². The van der Waals surface area contributed by atoms with Gasteiger partial charge in [0.1, 0.15) is 6.54 Å². The zero-order valence-corrected chi connectivity index (χ0v) is 18.2. The summed E-state index contributed by atoms with van der Waals surface area (Å²) in [5, 5.41) is 23.5. The van der Waals surface area contributed by atoms with E-state index in [0.717, 1.165) is 24.0 Å². The number of carboxylic acids is 1. The van der Waals surface area contributed by atoms with Gasteiger partial charge in [-0.15, -0.1) is 0 Å². The molecule has 2 heterocycles. The lowest BCUT2D eigenvalue weighted by Gasteiger charge is -2.23. The number of carboxylic acid groups (broad SMARTS) is 1. The monoisotopic (exact) mass is 482 g/mol. The van der Waals surface area contributed by atoms with Crippen LogP contribution in [-0.4, -0.2) is 64.4 Å². The van der Waals surface area contributed by atoms with Crippen molar-refractivity contribution in [3.05, 3.63) is 45.7 Å². The number of hydrogen-bond acceptors (Lipinski definition) is 6. The van der Waals surface area contributed by atoms with Gasteiger partial charge in [0.15, 0.2) is 5.69 Å². The normalized spacial score (nSPS) is 13.9. The van der Waals surface area contributed by atoms with Gasteiger partial charge in [0.25, 0.3) is 11.8 Å². The summed E-state index contributed by atoms with van der Waals surface area (Å²) in [5.74, 6) is -2.56. The van der Waals surface area contributed by atoms with Crippen molar-refractivity contribution in [1.82, 2.24) is 25.7 Å². The highest BCUT2D eigenvalue weighted by Crippen LogP contribution is 2.26. The first-order chi connectivity index (χ1) is 15.3. The standard InChI is InChI=1S/C19H20Cl2N6O5/c20-11-2-1-3-12(21)15(11)17(30)25-13-9-27(19(32)23-8-14(28)29)26-16(13)18(31)24-10-4-6-22-7-5-10/h1-3,9-10,22H,4-8H2,(H,23,32)(H,24,31)(H,25,30)(H,28,29). The van der Waals surface area contributed by atoms with Gasteiger partial charge < -0.3 is 26.4 Å². The Balaban J connectivity index is 1.87. The van der Waals surface area contributed by atoms with Gasteiger partial charge in [-0.25, -0.2) is 4.79 Å². The number of rotatable bonds is 6. The quantitative estimate of drug-likeness (QED) is 0.418. The predicted molar refractivity (Wildman–Crippen MR) is 116 cm³/mol. The minimum absolute atomic E-state index is 0.0105. The number of nitrogens with zero attached hydrogens (tertiary/aromatic N) is 2. The summed E-state index contributed by atoms with van der Waals surface area (Å²) < 4.78 is 0.740. The van der Waals surface area contributed by atoms with E-state index in [1.165, 1.54) is 12.1 Å². The summed E-state index contributed by atoms with van der Waals surface area (Å²) in [4.78, 5) is 48.6. The zero-order valence-electron chi connectivity index (χ0n) is 16.7. The molecule has 5 N–H and O–H groups in total. The van der Waals surface area contributed by atoms with Crippen molar-refractivity contribution in [2.75, 3.05) is 25.0 Å². The summed E-state index contributed by atoms with van der Waals surface area (Å²) >= 11 is 12.2. The number of piperidine rings is 1. The van der Waals surface area contributed by atoms with E-state index in [0.29, 0.717) is 12.8 Å². The highest BCUT2D eigenvalue weighted by atomic mass is 35.5. The SMILES string of the molecule is O=C(O)CNC(=O)n1cc(NC(=O)c2c(Cl)cccc2Cl)c(C(=O)NC2CCNCC2)n1. The number of amides is 3. The minimum Gasteiger partial charge on any atom is -0.480 e. The fourth-order valence-electron chi connectivity index (χ4n) is 3.09. The number of carbonyl (C=O) groups excluding carboxylic acids is 3. The lowest BCUT2D eigenvalue weighted by atomic mass is 10.1. The van der Waals surface area contributed by atoms with E-state index in [2.05, 4.69) is 26.4 Å². The van der Waals surface area contributed by atoms with Crippen LogP contribution in [0.15, 0.2) is 24.4 Å². The molecule has 0 bridgehead atoms.